The fraction of sp³-hybridized carbons (Fsp3) is 0.143. The van der Waals surface area contributed by atoms with Crippen molar-refractivity contribution < 1.29 is 14.7 Å². The van der Waals surface area contributed by atoms with Crippen LogP contribution in [0.4, 0.5) is 4.79 Å². The molecule has 0 aliphatic carbocycles. The number of rotatable bonds is 2. The molecule has 15 heavy (non-hydrogen) atoms. The highest BCUT2D eigenvalue weighted by Gasteiger charge is 1.99. The third-order valence-corrected chi connectivity index (χ3v) is 2.03. The van der Waals surface area contributed by atoms with Crippen molar-refractivity contribution in [3.8, 4) is 0 Å². The van der Waals surface area contributed by atoms with Gasteiger partial charge < -0.3 is 10.8 Å². The van der Waals surface area contributed by atoms with Crippen LogP contribution < -0.4 is 5.73 Å². The second-order valence-corrected chi connectivity index (χ2v) is 3.17. The molecule has 7 nitrogen and oxygen atoms in total. The molecule has 0 saturated heterocycles. The summed E-state index contributed by atoms with van der Waals surface area (Å²) in [7, 11) is 1.18. The van der Waals surface area contributed by atoms with Gasteiger partial charge in [0, 0.05) is 7.05 Å². The Labute approximate surface area is 89.1 Å². The summed E-state index contributed by atoms with van der Waals surface area (Å²) < 4.78 is 0. The molecule has 1 aromatic rings. The van der Waals surface area contributed by atoms with E-state index in [4.69, 9.17) is 5.11 Å². The molecule has 0 fully saturated rings. The second kappa shape index (κ2) is 6.49. The number of carboxylic acid groups (broad SMARTS) is 1. The average Bonchev–Trinajstić information content (AvgIpc) is 2.70. The first kappa shape index (κ1) is 13.0. The number of hydrogen-bond donors (Lipinski definition) is 2. The van der Waals surface area contributed by atoms with Crippen molar-refractivity contribution in [2.24, 2.45) is 11.0 Å². The molecule has 0 unspecified atom stereocenters. The van der Waals surface area contributed by atoms with Crippen LogP contribution in [-0.4, -0.2) is 29.2 Å². The molecule has 0 atom stereocenters. The van der Waals surface area contributed by atoms with E-state index in [2.05, 4.69) is 11.0 Å². The van der Waals surface area contributed by atoms with Gasteiger partial charge in [-0.15, -0.1) is 16.2 Å². The molecule has 2 amide bonds. The Kier molecular flexibility index (Phi) is 5.64. The van der Waals surface area contributed by atoms with Gasteiger partial charge in [-0.05, 0) is 11.4 Å². The number of nitrogens with two attached hydrogens (primary N) is 1. The van der Waals surface area contributed by atoms with E-state index >= 15 is 0 Å². The van der Waals surface area contributed by atoms with Crippen molar-refractivity contribution in [3.05, 3.63) is 27.3 Å². The Morgan fingerprint density at radius 2 is 2.20 bits per heavy atom. The lowest BCUT2D eigenvalue weighted by molar-refractivity contribution is 0.0702. The van der Waals surface area contributed by atoms with E-state index in [1.165, 1.54) is 18.4 Å². The molecule has 1 heterocycles. The number of nitroso groups, excluding NO2 is 1. The van der Waals surface area contributed by atoms with Crippen molar-refractivity contribution in [3.63, 3.8) is 0 Å². The molecule has 8 heteroatoms. The lowest BCUT2D eigenvalue weighted by Gasteiger charge is -1.97. The number of urea groups is 1. The van der Waals surface area contributed by atoms with Crippen LogP contribution in [0.1, 0.15) is 9.67 Å². The molecule has 0 bridgehead atoms. The molecule has 3 N–H and O–H groups in total. The average molecular weight is 231 g/mol. The van der Waals surface area contributed by atoms with Crippen molar-refractivity contribution in [2.75, 3.05) is 7.05 Å². The number of thiophene rings is 1. The quantitative estimate of drug-likeness (QED) is 0.586. The van der Waals surface area contributed by atoms with Gasteiger partial charge in [-0.1, -0.05) is 6.07 Å². The number of carbonyl (C=O) groups excluding carboxylic acids is 1. The van der Waals surface area contributed by atoms with Crippen molar-refractivity contribution in [2.45, 2.75) is 0 Å². The third kappa shape index (κ3) is 5.37. The van der Waals surface area contributed by atoms with Crippen molar-refractivity contribution in [1.82, 2.24) is 5.01 Å². The van der Waals surface area contributed by atoms with E-state index < -0.39 is 12.0 Å². The predicted molar refractivity (Wildman–Crippen MR) is 54.4 cm³/mol. The van der Waals surface area contributed by atoms with Crippen LogP contribution in [0.2, 0.25) is 0 Å². The second-order valence-electron chi connectivity index (χ2n) is 2.23. The van der Waals surface area contributed by atoms with E-state index in [-0.39, 0.29) is 0 Å². The maximum absolute atomic E-state index is 10.1. The highest BCUT2D eigenvalue weighted by molar-refractivity contribution is 7.11. The van der Waals surface area contributed by atoms with Crippen LogP contribution >= 0.6 is 11.3 Å². The Bertz CT molecular complexity index is 338. The number of nitrogens with zero attached hydrogens (tertiary/aromatic N) is 2. The van der Waals surface area contributed by atoms with Gasteiger partial charge in [0.1, 0.15) is 4.88 Å². The smallest absolute Gasteiger partial charge is 0.345 e. The van der Waals surface area contributed by atoms with Crippen LogP contribution in [0.25, 0.3) is 0 Å². The number of hydrogen-bond acceptors (Lipinski definition) is 5. The van der Waals surface area contributed by atoms with Crippen molar-refractivity contribution >= 4 is 23.3 Å². The fourth-order valence-electron chi connectivity index (χ4n) is 0.440. The molecule has 1 aromatic heterocycles. The summed E-state index contributed by atoms with van der Waals surface area (Å²) in [5, 5.41) is 12.7. The van der Waals surface area contributed by atoms with Gasteiger partial charge in [0.25, 0.3) is 0 Å². The van der Waals surface area contributed by atoms with Gasteiger partial charge in [-0.3, -0.25) is 0 Å². The molecule has 1 rings (SSSR count). The molecular weight excluding hydrogens is 222 g/mol. The van der Waals surface area contributed by atoms with Crippen molar-refractivity contribution in [1.29, 1.82) is 0 Å². The molecule has 0 saturated carbocycles. The minimum atomic E-state index is -0.852. The lowest BCUT2D eigenvalue weighted by atomic mass is 10.5. The normalized spacial score (nSPS) is 8.33. The summed E-state index contributed by atoms with van der Waals surface area (Å²) in [5.41, 5.74) is 4.54. The minimum Gasteiger partial charge on any atom is -0.477 e. The molecule has 0 aliphatic heterocycles. The van der Waals surface area contributed by atoms with Crippen LogP contribution in [0.3, 0.4) is 0 Å². The van der Waals surface area contributed by atoms with Crippen LogP contribution in [0.5, 0.6) is 0 Å². The zero-order valence-electron chi connectivity index (χ0n) is 7.78. The van der Waals surface area contributed by atoms with Crippen LogP contribution in [0.15, 0.2) is 22.8 Å². The number of aromatic carboxylic acids is 1. The molecule has 0 aromatic carbocycles. The van der Waals surface area contributed by atoms with Gasteiger partial charge in [0.15, 0.2) is 0 Å². The Morgan fingerprint density at radius 3 is 2.33 bits per heavy atom. The van der Waals surface area contributed by atoms with E-state index in [9.17, 15) is 14.5 Å². The van der Waals surface area contributed by atoms with Gasteiger partial charge in [0.05, 0.1) is 5.29 Å². The summed E-state index contributed by atoms with van der Waals surface area (Å²) in [4.78, 5) is 29.6. The topological polar surface area (TPSA) is 113 Å². The maximum atomic E-state index is 10.1. The molecule has 0 radical (unpaired) electrons. The van der Waals surface area contributed by atoms with Gasteiger partial charge in [-0.25, -0.2) is 9.59 Å². The van der Waals surface area contributed by atoms with Gasteiger partial charge in [-0.2, -0.15) is 5.01 Å². The summed E-state index contributed by atoms with van der Waals surface area (Å²) in [6.45, 7) is 0. The first-order valence-electron chi connectivity index (χ1n) is 3.62. The fourth-order valence-corrected chi connectivity index (χ4v) is 1.00. The maximum Gasteiger partial charge on any atom is 0.345 e. The van der Waals surface area contributed by atoms with E-state index in [0.29, 0.717) is 9.89 Å². The van der Waals surface area contributed by atoms with E-state index in [0.717, 1.165) is 0 Å². The predicted octanol–water partition coefficient (Wildman–Crippen LogP) is 1.12. The first-order chi connectivity index (χ1) is 6.99. The largest absolute Gasteiger partial charge is 0.477 e. The summed E-state index contributed by atoms with van der Waals surface area (Å²) in [5.74, 6) is -0.847. The summed E-state index contributed by atoms with van der Waals surface area (Å²) >= 11 is 1.23. The number of amides is 2. The number of carboxylic acids is 1. The molecular formula is C7H9N3O4S. The Hall–Kier alpha value is -1.96. The van der Waals surface area contributed by atoms with E-state index in [1.807, 2.05) is 0 Å². The van der Waals surface area contributed by atoms with E-state index in [1.54, 1.807) is 17.5 Å². The zero-order valence-corrected chi connectivity index (χ0v) is 8.60. The minimum absolute atomic E-state index is 0.394. The molecule has 0 aliphatic rings. The zero-order chi connectivity index (χ0) is 11.8. The van der Waals surface area contributed by atoms with Gasteiger partial charge >= 0.3 is 12.0 Å². The highest BCUT2D eigenvalue weighted by Crippen LogP contribution is 2.06. The van der Waals surface area contributed by atoms with Gasteiger partial charge in [0.2, 0.25) is 0 Å². The first-order valence-corrected chi connectivity index (χ1v) is 4.50. The lowest BCUT2D eigenvalue weighted by Crippen LogP contribution is -2.26. The Morgan fingerprint density at radius 1 is 1.60 bits per heavy atom. The molecule has 82 valence electrons. The van der Waals surface area contributed by atoms with Crippen LogP contribution in [0, 0.1) is 4.91 Å². The monoisotopic (exact) mass is 231 g/mol. The summed E-state index contributed by atoms with van der Waals surface area (Å²) in [6.07, 6.45) is 0. The summed E-state index contributed by atoms with van der Waals surface area (Å²) in [6, 6.07) is 2.44. The Balaban J connectivity index is 0.000000265. The number of primary amides is 1. The van der Waals surface area contributed by atoms with Crippen LogP contribution in [-0.2, 0) is 0 Å². The molecule has 0 spiro atoms. The third-order valence-electron chi connectivity index (χ3n) is 1.17. The SMILES string of the molecule is CN(N=O)C(N)=O.O=C(O)c1cccs1. The highest BCUT2D eigenvalue weighted by atomic mass is 32.1. The number of carbonyl (C=O) groups is 2. The standard InChI is InChI=1S/C5H4O2S.C2H5N3O2/c6-5(7)4-2-1-3-8-4;1-5(4-7)2(3)6/h1-3H,(H,6,7);1H3,(H2,3,6).